The zero-order valence-corrected chi connectivity index (χ0v) is 14.3. The van der Waals surface area contributed by atoms with Crippen molar-refractivity contribution in [2.24, 2.45) is 5.84 Å². The maximum Gasteiger partial charge on any atom is 0.141 e. The van der Waals surface area contributed by atoms with E-state index in [4.69, 9.17) is 17.4 Å². The lowest BCUT2D eigenvalue weighted by molar-refractivity contribution is 0.573. The third-order valence-corrected chi connectivity index (χ3v) is 5.46. The summed E-state index contributed by atoms with van der Waals surface area (Å²) in [5, 5.41) is 0.140. The van der Waals surface area contributed by atoms with Crippen LogP contribution < -0.4 is 11.3 Å². The van der Waals surface area contributed by atoms with Crippen molar-refractivity contribution in [2.45, 2.75) is 17.4 Å². The number of nitrogens with two attached hydrogens (primary N) is 1. The second-order valence-electron chi connectivity index (χ2n) is 4.56. The van der Waals surface area contributed by atoms with Crippen LogP contribution >= 0.6 is 39.3 Å². The molecule has 0 heterocycles. The summed E-state index contributed by atoms with van der Waals surface area (Å²) in [7, 11) is 0. The molecule has 2 aromatic carbocycles. The van der Waals surface area contributed by atoms with Crippen molar-refractivity contribution < 1.29 is 4.39 Å². The van der Waals surface area contributed by atoms with Crippen LogP contribution in [0.15, 0.2) is 51.8 Å². The molecule has 0 saturated heterocycles. The molecule has 2 rings (SSSR count). The van der Waals surface area contributed by atoms with Gasteiger partial charge < -0.3 is 0 Å². The monoisotopic (exact) mass is 388 g/mol. The lowest BCUT2D eigenvalue weighted by atomic mass is 10.1. The highest BCUT2D eigenvalue weighted by Crippen LogP contribution is 2.28. The Morgan fingerprint density at radius 3 is 2.71 bits per heavy atom. The van der Waals surface area contributed by atoms with Crippen LogP contribution in [0.25, 0.3) is 0 Å². The fourth-order valence-corrected chi connectivity index (χ4v) is 3.68. The summed E-state index contributed by atoms with van der Waals surface area (Å²) in [6.45, 7) is 0. The van der Waals surface area contributed by atoms with Crippen LogP contribution in [0.4, 0.5) is 4.39 Å². The van der Waals surface area contributed by atoms with Gasteiger partial charge in [0.25, 0.3) is 0 Å². The first-order valence-corrected chi connectivity index (χ1v) is 8.53. The molecule has 0 radical (unpaired) electrons. The number of hydrogen-bond donors (Lipinski definition) is 2. The van der Waals surface area contributed by atoms with Gasteiger partial charge in [-0.25, -0.2) is 4.39 Å². The summed E-state index contributed by atoms with van der Waals surface area (Å²) >= 11 is 11.0. The fourth-order valence-electron chi connectivity index (χ4n) is 1.87. The average molecular weight is 390 g/mol. The van der Waals surface area contributed by atoms with E-state index in [1.807, 2.05) is 18.2 Å². The van der Waals surface area contributed by atoms with Gasteiger partial charge >= 0.3 is 0 Å². The summed E-state index contributed by atoms with van der Waals surface area (Å²) in [5.74, 6) is 6.01. The molecule has 0 aliphatic rings. The Morgan fingerprint density at radius 2 is 2.05 bits per heavy atom. The van der Waals surface area contributed by atoms with Gasteiger partial charge in [0.05, 0.1) is 5.02 Å². The first-order valence-electron chi connectivity index (χ1n) is 6.37. The van der Waals surface area contributed by atoms with E-state index in [9.17, 15) is 4.39 Å². The zero-order valence-electron chi connectivity index (χ0n) is 11.2. The van der Waals surface area contributed by atoms with Gasteiger partial charge in [-0.2, -0.15) is 0 Å². The van der Waals surface area contributed by atoms with E-state index in [0.717, 1.165) is 20.7 Å². The molecule has 0 fully saturated rings. The molecule has 2 nitrogen and oxygen atoms in total. The van der Waals surface area contributed by atoms with Crippen molar-refractivity contribution in [1.29, 1.82) is 0 Å². The Labute approximate surface area is 141 Å². The molecule has 21 heavy (non-hydrogen) atoms. The molecule has 3 N–H and O–H groups in total. The summed E-state index contributed by atoms with van der Waals surface area (Å²) in [6.07, 6.45) is 0.688. The Balaban J connectivity index is 1.97. The molecule has 6 heteroatoms. The maximum atomic E-state index is 13.2. The maximum absolute atomic E-state index is 13.2. The second kappa shape index (κ2) is 8.15. The average Bonchev–Trinajstić information content (AvgIpc) is 2.48. The molecule has 0 aliphatic carbocycles. The molecule has 0 bridgehead atoms. The summed E-state index contributed by atoms with van der Waals surface area (Å²) < 4.78 is 14.2. The van der Waals surface area contributed by atoms with Gasteiger partial charge in [-0.3, -0.25) is 11.3 Å². The molecular formula is C15H15BrClFN2S. The van der Waals surface area contributed by atoms with Crippen molar-refractivity contribution >= 4 is 39.3 Å². The Bertz CT molecular complexity index is 612. The predicted molar refractivity (Wildman–Crippen MR) is 91.1 cm³/mol. The third-order valence-electron chi connectivity index (χ3n) is 2.98. The van der Waals surface area contributed by atoms with Crippen LogP contribution in [-0.2, 0) is 6.42 Å². The molecule has 1 unspecified atom stereocenters. The third kappa shape index (κ3) is 4.97. The SMILES string of the molecule is NNC(CSc1ccccc1Br)Cc1ccc(F)c(Cl)c1. The van der Waals surface area contributed by atoms with Gasteiger partial charge in [-0.05, 0) is 52.2 Å². The molecule has 0 aromatic heterocycles. The molecule has 0 spiro atoms. The topological polar surface area (TPSA) is 38.0 Å². The molecule has 0 saturated carbocycles. The zero-order chi connectivity index (χ0) is 15.2. The molecule has 2 aromatic rings. The lowest BCUT2D eigenvalue weighted by Gasteiger charge is -2.16. The Hall–Kier alpha value is -0.590. The number of halogens is 3. The van der Waals surface area contributed by atoms with Gasteiger partial charge in [0.1, 0.15) is 5.82 Å². The van der Waals surface area contributed by atoms with Gasteiger partial charge in [0.15, 0.2) is 0 Å². The number of rotatable bonds is 6. The van der Waals surface area contributed by atoms with Gasteiger partial charge in [-0.15, -0.1) is 11.8 Å². The minimum Gasteiger partial charge on any atom is -0.271 e. The molecule has 112 valence electrons. The van der Waals surface area contributed by atoms with Gasteiger partial charge in [-0.1, -0.05) is 29.8 Å². The van der Waals surface area contributed by atoms with E-state index >= 15 is 0 Å². The largest absolute Gasteiger partial charge is 0.271 e. The number of benzene rings is 2. The number of thioether (sulfide) groups is 1. The second-order valence-corrected chi connectivity index (χ2v) is 6.88. The highest BCUT2D eigenvalue weighted by atomic mass is 79.9. The number of hydrazine groups is 1. The van der Waals surface area contributed by atoms with E-state index in [1.165, 1.54) is 6.07 Å². The summed E-state index contributed by atoms with van der Waals surface area (Å²) in [6, 6.07) is 12.9. The van der Waals surface area contributed by atoms with Crippen molar-refractivity contribution in [1.82, 2.24) is 5.43 Å². The van der Waals surface area contributed by atoms with E-state index < -0.39 is 5.82 Å². The van der Waals surface area contributed by atoms with Crippen molar-refractivity contribution in [3.8, 4) is 0 Å². The highest BCUT2D eigenvalue weighted by Gasteiger charge is 2.11. The summed E-state index contributed by atoms with van der Waals surface area (Å²) in [4.78, 5) is 1.16. The smallest absolute Gasteiger partial charge is 0.141 e. The predicted octanol–water partition coefficient (Wildman–Crippen LogP) is 4.41. The molecule has 1 atom stereocenters. The first-order chi connectivity index (χ1) is 10.1. The van der Waals surface area contributed by atoms with Crippen LogP contribution in [-0.4, -0.2) is 11.8 Å². The van der Waals surface area contributed by atoms with E-state index in [1.54, 1.807) is 23.9 Å². The minimum absolute atomic E-state index is 0.0728. The Morgan fingerprint density at radius 1 is 1.29 bits per heavy atom. The first kappa shape index (κ1) is 16.8. The van der Waals surface area contributed by atoms with Crippen LogP contribution in [0.2, 0.25) is 5.02 Å². The minimum atomic E-state index is -0.403. The fraction of sp³-hybridized carbons (Fsp3) is 0.200. The quantitative estimate of drug-likeness (QED) is 0.437. The van der Waals surface area contributed by atoms with Crippen LogP contribution in [0.5, 0.6) is 0 Å². The lowest BCUT2D eigenvalue weighted by Crippen LogP contribution is -2.38. The van der Waals surface area contributed by atoms with Gasteiger partial charge in [0.2, 0.25) is 0 Å². The standard InChI is InChI=1S/C15H15BrClFN2S/c16-12-3-1-2-4-15(12)21-9-11(20-19)7-10-5-6-14(18)13(17)8-10/h1-6,8,11,20H,7,9,19H2. The normalized spacial score (nSPS) is 12.4. The van der Waals surface area contributed by atoms with E-state index in [-0.39, 0.29) is 11.1 Å². The van der Waals surface area contributed by atoms with Crippen molar-refractivity contribution in [3.63, 3.8) is 0 Å². The van der Waals surface area contributed by atoms with E-state index in [2.05, 4.69) is 27.4 Å². The number of nitrogens with one attached hydrogen (secondary N) is 1. The molecular weight excluding hydrogens is 375 g/mol. The van der Waals surface area contributed by atoms with Crippen LogP contribution in [0.1, 0.15) is 5.56 Å². The number of hydrogen-bond acceptors (Lipinski definition) is 3. The van der Waals surface area contributed by atoms with Crippen LogP contribution in [0, 0.1) is 5.82 Å². The van der Waals surface area contributed by atoms with Crippen molar-refractivity contribution in [2.75, 3.05) is 5.75 Å². The summed E-state index contributed by atoms with van der Waals surface area (Å²) in [5.41, 5.74) is 3.76. The molecule has 0 amide bonds. The van der Waals surface area contributed by atoms with Crippen molar-refractivity contribution in [3.05, 3.63) is 63.3 Å². The Kier molecular flexibility index (Phi) is 6.51. The highest BCUT2D eigenvalue weighted by molar-refractivity contribution is 9.10. The van der Waals surface area contributed by atoms with Gasteiger partial charge in [0, 0.05) is 21.2 Å². The molecule has 0 aliphatic heterocycles. The van der Waals surface area contributed by atoms with E-state index in [0.29, 0.717) is 6.42 Å². The van der Waals surface area contributed by atoms with Crippen LogP contribution in [0.3, 0.4) is 0 Å².